The van der Waals surface area contributed by atoms with Crippen LogP contribution in [0.25, 0.3) is 0 Å². The zero-order valence-corrected chi connectivity index (χ0v) is 19.2. The number of unbranched alkanes of at least 4 members (excludes halogenated alkanes) is 1. The molecule has 1 aliphatic heterocycles. The number of hydroxylamine groups is 2. The van der Waals surface area contributed by atoms with Crippen molar-refractivity contribution < 1.29 is 14.4 Å². The minimum absolute atomic E-state index is 0.126. The molecule has 4 saturated carbocycles. The maximum atomic E-state index is 11.7. The van der Waals surface area contributed by atoms with Gasteiger partial charge < -0.3 is 20.6 Å². The Morgan fingerprint density at radius 2 is 1.83 bits per heavy atom. The first-order chi connectivity index (χ1) is 14.1. The van der Waals surface area contributed by atoms with E-state index in [9.17, 15) is 4.79 Å². The maximum absolute atomic E-state index is 11.7. The molecule has 30 heavy (non-hydrogen) atoms. The van der Waals surface area contributed by atoms with Crippen molar-refractivity contribution in [2.24, 2.45) is 33.9 Å². The molecule has 0 spiro atoms. The molecule has 4 fully saturated rings. The molecule has 5 rings (SSSR count). The van der Waals surface area contributed by atoms with Crippen LogP contribution < -0.4 is 11.1 Å². The van der Waals surface area contributed by atoms with Gasteiger partial charge in [0.25, 0.3) is 0 Å². The SMILES string of the molecule is CN1OC([C@@H](N)CCCCNC(=O)OC(C)(C)C)=NC1C12CC3CC(CC(C3)C1)C2. The van der Waals surface area contributed by atoms with E-state index >= 15 is 0 Å². The van der Waals surface area contributed by atoms with E-state index in [-0.39, 0.29) is 18.3 Å². The molecule has 1 unspecified atom stereocenters. The summed E-state index contributed by atoms with van der Waals surface area (Å²) in [7, 11) is 2.03. The average Bonchev–Trinajstić information content (AvgIpc) is 3.01. The fraction of sp³-hybridized carbons (Fsp3) is 0.913. The maximum Gasteiger partial charge on any atom is 0.407 e. The molecular formula is C23H40N4O3. The topological polar surface area (TPSA) is 89.2 Å². The molecule has 1 heterocycles. The van der Waals surface area contributed by atoms with Gasteiger partial charge in [-0.15, -0.1) is 5.06 Å². The molecule has 170 valence electrons. The van der Waals surface area contributed by atoms with E-state index in [1.54, 1.807) is 0 Å². The van der Waals surface area contributed by atoms with Crippen molar-refractivity contribution in [3.63, 3.8) is 0 Å². The highest BCUT2D eigenvalue weighted by molar-refractivity contribution is 5.82. The summed E-state index contributed by atoms with van der Waals surface area (Å²) in [5.74, 6) is 3.39. The van der Waals surface area contributed by atoms with Crippen molar-refractivity contribution in [1.82, 2.24) is 10.4 Å². The summed E-state index contributed by atoms with van der Waals surface area (Å²) >= 11 is 0. The number of ether oxygens (including phenoxy) is 1. The van der Waals surface area contributed by atoms with Crippen LogP contribution in [-0.2, 0) is 9.57 Å². The molecule has 1 amide bonds. The molecular weight excluding hydrogens is 380 g/mol. The van der Waals surface area contributed by atoms with Crippen molar-refractivity contribution in [1.29, 1.82) is 0 Å². The Morgan fingerprint density at radius 1 is 1.23 bits per heavy atom. The van der Waals surface area contributed by atoms with Gasteiger partial charge in [0, 0.05) is 19.0 Å². The van der Waals surface area contributed by atoms with Crippen molar-refractivity contribution >= 4 is 12.0 Å². The number of nitrogens with two attached hydrogens (primary N) is 1. The van der Waals surface area contributed by atoms with E-state index in [0.29, 0.717) is 17.9 Å². The van der Waals surface area contributed by atoms with Gasteiger partial charge in [0.2, 0.25) is 5.90 Å². The lowest BCUT2D eigenvalue weighted by molar-refractivity contribution is -0.155. The van der Waals surface area contributed by atoms with Crippen LogP contribution in [0.2, 0.25) is 0 Å². The smallest absolute Gasteiger partial charge is 0.407 e. The van der Waals surface area contributed by atoms with Gasteiger partial charge in [0.15, 0.2) is 0 Å². The van der Waals surface area contributed by atoms with Gasteiger partial charge >= 0.3 is 6.09 Å². The number of carbonyl (C=O) groups excluding carboxylic acids is 1. The number of aliphatic imine (C=N–C) groups is 1. The standard InChI is InChI=1S/C23H40N4O3/c1-22(2,3)29-21(28)25-8-6-5-7-18(24)19-26-20(27(4)30-19)23-12-15-9-16(13-23)11-17(10-15)14-23/h15-18,20H,5-14,24H2,1-4H3,(H,25,28)/t15?,16?,17?,18-,20?,23?/m0/s1. The fourth-order valence-electron chi connectivity index (χ4n) is 6.72. The van der Waals surface area contributed by atoms with Gasteiger partial charge in [0.05, 0.1) is 6.04 Å². The number of nitrogens with zero attached hydrogens (tertiary/aromatic N) is 2. The molecule has 0 saturated heterocycles. The number of hydrogen-bond acceptors (Lipinski definition) is 6. The third-order valence-corrected chi connectivity index (χ3v) is 7.39. The number of rotatable bonds is 7. The fourth-order valence-corrected chi connectivity index (χ4v) is 6.72. The second-order valence-corrected chi connectivity index (χ2v) is 11.3. The van der Waals surface area contributed by atoms with Crippen LogP contribution in [0, 0.1) is 23.2 Å². The third-order valence-electron chi connectivity index (χ3n) is 7.39. The first-order valence-electron chi connectivity index (χ1n) is 11.8. The first kappa shape index (κ1) is 21.9. The number of nitrogens with one attached hydrogen (secondary N) is 1. The minimum Gasteiger partial charge on any atom is -0.444 e. The van der Waals surface area contributed by atoms with Gasteiger partial charge in [-0.2, -0.15) is 0 Å². The zero-order valence-electron chi connectivity index (χ0n) is 19.2. The number of carbonyl (C=O) groups is 1. The van der Waals surface area contributed by atoms with E-state index in [1.807, 2.05) is 32.9 Å². The monoisotopic (exact) mass is 420 g/mol. The lowest BCUT2D eigenvalue weighted by Gasteiger charge is -2.58. The number of hydrogen-bond donors (Lipinski definition) is 2. The van der Waals surface area contributed by atoms with Crippen molar-refractivity contribution in [3.05, 3.63) is 0 Å². The average molecular weight is 421 g/mol. The highest BCUT2D eigenvalue weighted by atomic mass is 16.7. The van der Waals surface area contributed by atoms with Crippen LogP contribution >= 0.6 is 0 Å². The van der Waals surface area contributed by atoms with Gasteiger partial charge in [-0.3, -0.25) is 0 Å². The summed E-state index contributed by atoms with van der Waals surface area (Å²) in [5, 5.41) is 4.78. The second-order valence-electron chi connectivity index (χ2n) is 11.3. The Hall–Kier alpha value is -1.34. The van der Waals surface area contributed by atoms with Gasteiger partial charge in [0.1, 0.15) is 11.8 Å². The summed E-state index contributed by atoms with van der Waals surface area (Å²) in [6.45, 7) is 6.18. The molecule has 5 aliphatic rings. The van der Waals surface area contributed by atoms with Crippen LogP contribution in [0.5, 0.6) is 0 Å². The summed E-state index contributed by atoms with van der Waals surface area (Å²) in [6, 6.07) is -0.187. The van der Waals surface area contributed by atoms with Gasteiger partial charge in [-0.25, -0.2) is 9.79 Å². The third kappa shape index (κ3) is 4.77. The Labute approximate surface area is 181 Å². The normalized spacial score (nSPS) is 36.4. The second kappa shape index (κ2) is 8.30. The van der Waals surface area contributed by atoms with Crippen molar-refractivity contribution in [3.8, 4) is 0 Å². The lowest BCUT2D eigenvalue weighted by Crippen LogP contribution is -2.54. The Kier molecular flexibility index (Phi) is 6.05. The molecule has 7 heteroatoms. The van der Waals surface area contributed by atoms with E-state index < -0.39 is 5.60 Å². The molecule has 0 aromatic rings. The molecule has 4 aliphatic carbocycles. The van der Waals surface area contributed by atoms with Crippen LogP contribution in [-0.4, -0.2) is 48.5 Å². The summed E-state index contributed by atoms with van der Waals surface area (Å²) < 4.78 is 5.25. The molecule has 0 radical (unpaired) electrons. The largest absolute Gasteiger partial charge is 0.444 e. The highest BCUT2D eigenvalue weighted by Crippen LogP contribution is 2.62. The van der Waals surface area contributed by atoms with Crippen molar-refractivity contribution in [2.75, 3.05) is 13.6 Å². The Bertz CT molecular complexity index is 637. The first-order valence-corrected chi connectivity index (χ1v) is 11.8. The molecule has 0 aromatic heterocycles. The minimum atomic E-state index is -0.469. The summed E-state index contributed by atoms with van der Waals surface area (Å²) in [6.07, 6.45) is 10.5. The molecule has 2 atom stereocenters. The predicted molar refractivity (Wildman–Crippen MR) is 117 cm³/mol. The Morgan fingerprint density at radius 3 is 2.40 bits per heavy atom. The van der Waals surface area contributed by atoms with E-state index in [1.165, 1.54) is 38.5 Å². The number of alkyl carbamates (subject to hydrolysis) is 1. The van der Waals surface area contributed by atoms with Crippen LogP contribution in [0.1, 0.15) is 78.6 Å². The summed E-state index contributed by atoms with van der Waals surface area (Å²) in [5.41, 5.74) is 6.25. The molecule has 7 nitrogen and oxygen atoms in total. The van der Waals surface area contributed by atoms with Crippen molar-refractivity contribution in [2.45, 2.75) is 96.4 Å². The summed E-state index contributed by atoms with van der Waals surface area (Å²) in [4.78, 5) is 22.8. The molecule has 4 bridgehead atoms. The Balaban J connectivity index is 1.24. The lowest BCUT2D eigenvalue weighted by atomic mass is 9.48. The zero-order chi connectivity index (χ0) is 21.5. The van der Waals surface area contributed by atoms with Crippen LogP contribution in [0.15, 0.2) is 4.99 Å². The molecule has 3 N–H and O–H groups in total. The van der Waals surface area contributed by atoms with E-state index in [2.05, 4.69) is 5.32 Å². The van der Waals surface area contributed by atoms with Crippen LogP contribution in [0.4, 0.5) is 4.79 Å². The quantitative estimate of drug-likeness (QED) is 0.611. The van der Waals surface area contributed by atoms with Gasteiger partial charge in [-0.05, 0) is 96.3 Å². The van der Waals surface area contributed by atoms with Crippen LogP contribution in [0.3, 0.4) is 0 Å². The van der Waals surface area contributed by atoms with E-state index in [0.717, 1.165) is 37.0 Å². The molecule has 0 aromatic carbocycles. The van der Waals surface area contributed by atoms with Gasteiger partial charge in [-0.1, -0.05) is 0 Å². The van der Waals surface area contributed by atoms with E-state index in [4.69, 9.17) is 20.3 Å². The highest BCUT2D eigenvalue weighted by Gasteiger charge is 2.57. The predicted octanol–water partition coefficient (Wildman–Crippen LogP) is 3.83. The number of amides is 1.